The summed E-state index contributed by atoms with van der Waals surface area (Å²) in [7, 11) is 0. The number of rotatable bonds is 59. The quantitative estimate of drug-likeness (QED) is 0.0274. The lowest BCUT2D eigenvalue weighted by Gasteiger charge is -2.20. The lowest BCUT2D eigenvalue weighted by molar-refractivity contribution is -0.143. The molecule has 3 atom stereocenters. The van der Waals surface area contributed by atoms with E-state index in [1.54, 1.807) is 6.08 Å². The fraction of sp³-hybridized carbons (Fsp3) is 0.877. The van der Waals surface area contributed by atoms with Gasteiger partial charge in [0.1, 0.15) is 0 Å². The fourth-order valence-corrected chi connectivity index (χ4v) is 9.80. The molecule has 424 valence electrons. The predicted molar refractivity (Wildman–Crippen MR) is 312 cm³/mol. The van der Waals surface area contributed by atoms with Crippen molar-refractivity contribution in [2.45, 2.75) is 353 Å². The molecule has 0 aliphatic rings. The molecule has 0 unspecified atom stereocenters. The van der Waals surface area contributed by atoms with Gasteiger partial charge < -0.3 is 25.4 Å². The van der Waals surface area contributed by atoms with Gasteiger partial charge in [-0.2, -0.15) is 0 Å². The van der Waals surface area contributed by atoms with Crippen molar-refractivity contribution in [2.24, 2.45) is 0 Å². The molecular weight excluding hydrogens is 891 g/mol. The Kier molecular flexibility index (Phi) is 58.3. The third kappa shape index (κ3) is 55.8. The number of aliphatic hydroxyl groups is 3. The number of aliphatic hydroxyl groups excluding tert-OH is 3. The van der Waals surface area contributed by atoms with Crippen LogP contribution >= 0.6 is 0 Å². The smallest absolute Gasteiger partial charge is 0.305 e. The van der Waals surface area contributed by atoms with Gasteiger partial charge in [-0.25, -0.2) is 0 Å². The number of esters is 1. The molecule has 4 N–H and O–H groups in total. The van der Waals surface area contributed by atoms with Gasteiger partial charge in [-0.15, -0.1) is 0 Å². The minimum absolute atomic E-state index is 0.0000824. The summed E-state index contributed by atoms with van der Waals surface area (Å²) in [6, 6.07) is -0.748. The maximum Gasteiger partial charge on any atom is 0.305 e. The summed E-state index contributed by atoms with van der Waals surface area (Å²) in [6.07, 6.45) is 72.1. The highest BCUT2D eigenvalue weighted by Gasteiger charge is 2.18. The van der Waals surface area contributed by atoms with E-state index in [-0.39, 0.29) is 18.5 Å². The van der Waals surface area contributed by atoms with Gasteiger partial charge in [0.15, 0.2) is 0 Å². The van der Waals surface area contributed by atoms with Crippen LogP contribution in [0.5, 0.6) is 0 Å². The molecule has 0 heterocycles. The first kappa shape index (κ1) is 70.0. The Morgan fingerprint density at radius 1 is 0.417 bits per heavy atom. The molecule has 0 aromatic carbocycles. The fourth-order valence-electron chi connectivity index (χ4n) is 9.80. The van der Waals surface area contributed by atoms with E-state index in [1.807, 2.05) is 0 Å². The van der Waals surface area contributed by atoms with Gasteiger partial charge in [0.2, 0.25) is 5.91 Å². The molecular formula is C65H123NO6. The normalized spacial score (nSPS) is 13.2. The molecule has 0 saturated carbocycles. The summed E-state index contributed by atoms with van der Waals surface area (Å²) < 4.78 is 5.48. The van der Waals surface area contributed by atoms with Crippen LogP contribution in [0.1, 0.15) is 335 Å². The summed E-state index contributed by atoms with van der Waals surface area (Å²) in [5, 5.41) is 33.3. The molecule has 0 fully saturated rings. The lowest BCUT2D eigenvalue weighted by Crippen LogP contribution is -2.45. The topological polar surface area (TPSA) is 116 Å². The van der Waals surface area contributed by atoms with Gasteiger partial charge in [-0.3, -0.25) is 9.59 Å². The van der Waals surface area contributed by atoms with Crippen molar-refractivity contribution < 1.29 is 29.6 Å². The summed E-state index contributed by atoms with van der Waals surface area (Å²) in [5.74, 6) is -0.130. The first-order chi connectivity index (χ1) is 35.4. The second-order valence-corrected chi connectivity index (χ2v) is 21.9. The number of hydrogen-bond acceptors (Lipinski definition) is 6. The van der Waals surface area contributed by atoms with Crippen LogP contribution in [-0.2, 0) is 14.3 Å². The van der Waals surface area contributed by atoms with Crippen LogP contribution < -0.4 is 5.32 Å². The molecule has 0 aliphatic carbocycles. The van der Waals surface area contributed by atoms with Crippen molar-refractivity contribution in [1.82, 2.24) is 5.32 Å². The largest absolute Gasteiger partial charge is 0.466 e. The van der Waals surface area contributed by atoms with Crippen molar-refractivity contribution in [1.29, 1.82) is 0 Å². The number of ether oxygens (including phenoxy) is 1. The number of nitrogens with one attached hydrogen (secondary N) is 1. The zero-order chi connectivity index (χ0) is 52.3. The number of hydrogen-bond donors (Lipinski definition) is 4. The highest BCUT2D eigenvalue weighted by atomic mass is 16.5. The Morgan fingerprint density at radius 2 is 0.764 bits per heavy atom. The molecule has 1 amide bonds. The lowest BCUT2D eigenvalue weighted by atomic mass is 10.0. The second kappa shape index (κ2) is 59.9. The zero-order valence-electron chi connectivity index (χ0n) is 48.0. The van der Waals surface area contributed by atoms with Crippen molar-refractivity contribution in [3.8, 4) is 0 Å². The molecule has 0 aromatic heterocycles. The Hall–Kier alpha value is -1.96. The van der Waals surface area contributed by atoms with Gasteiger partial charge in [-0.05, 0) is 57.8 Å². The average molecular weight is 1010 g/mol. The molecule has 0 radical (unpaired) electrons. The summed E-state index contributed by atoms with van der Waals surface area (Å²) in [5.41, 5.74) is 0. The van der Waals surface area contributed by atoms with Gasteiger partial charge in [0.05, 0.1) is 31.5 Å². The van der Waals surface area contributed by atoms with E-state index in [2.05, 4.69) is 43.5 Å². The van der Waals surface area contributed by atoms with E-state index in [0.717, 1.165) is 57.8 Å². The van der Waals surface area contributed by atoms with E-state index >= 15 is 0 Å². The summed E-state index contributed by atoms with van der Waals surface area (Å²) >= 11 is 0. The van der Waals surface area contributed by atoms with Crippen LogP contribution in [0.2, 0.25) is 0 Å². The third-order valence-corrected chi connectivity index (χ3v) is 14.7. The molecule has 0 saturated heterocycles. The van der Waals surface area contributed by atoms with Crippen LogP contribution in [0.25, 0.3) is 0 Å². The first-order valence-corrected chi connectivity index (χ1v) is 31.8. The minimum atomic E-state index is -1.02. The van der Waals surface area contributed by atoms with Crippen molar-refractivity contribution in [3.05, 3.63) is 36.5 Å². The molecule has 0 spiro atoms. The number of carbonyl (C=O) groups excluding carboxylic acids is 2. The molecule has 7 heteroatoms. The van der Waals surface area contributed by atoms with Crippen molar-refractivity contribution in [2.75, 3.05) is 13.2 Å². The SMILES string of the molecule is CCCCC/C=C\C/C=C\CCCCCCCC(=O)OCCCCCCCCCCCCCCCCCCCCCCCCCCCCC(=O)N[C@@H](CO)[C@H](O)/C=C/[C@H](O)CCCCCCCCCCCC. The molecule has 0 rings (SSSR count). The Balaban J connectivity index is 3.41. The molecule has 72 heavy (non-hydrogen) atoms. The highest BCUT2D eigenvalue weighted by Crippen LogP contribution is 2.18. The summed E-state index contributed by atoms with van der Waals surface area (Å²) in [4.78, 5) is 24.5. The Labute approximate surface area is 447 Å². The number of allylic oxidation sites excluding steroid dienone is 4. The van der Waals surface area contributed by atoms with E-state index in [9.17, 15) is 24.9 Å². The third-order valence-electron chi connectivity index (χ3n) is 14.7. The first-order valence-electron chi connectivity index (χ1n) is 31.8. The van der Waals surface area contributed by atoms with Gasteiger partial charge in [0, 0.05) is 12.8 Å². The second-order valence-electron chi connectivity index (χ2n) is 21.9. The van der Waals surface area contributed by atoms with Crippen LogP contribution in [0.4, 0.5) is 0 Å². The molecule has 0 aromatic rings. The van der Waals surface area contributed by atoms with Crippen LogP contribution in [0.15, 0.2) is 36.5 Å². The highest BCUT2D eigenvalue weighted by molar-refractivity contribution is 5.76. The number of unbranched alkanes of at least 4 members (excludes halogenated alkanes) is 42. The minimum Gasteiger partial charge on any atom is -0.466 e. The van der Waals surface area contributed by atoms with Gasteiger partial charge in [-0.1, -0.05) is 301 Å². The van der Waals surface area contributed by atoms with E-state index in [4.69, 9.17) is 4.74 Å². The van der Waals surface area contributed by atoms with Gasteiger partial charge >= 0.3 is 5.97 Å². The van der Waals surface area contributed by atoms with Crippen LogP contribution in [0.3, 0.4) is 0 Å². The van der Waals surface area contributed by atoms with E-state index < -0.39 is 18.2 Å². The Bertz CT molecular complexity index is 1190. The summed E-state index contributed by atoms with van der Waals surface area (Å²) in [6.45, 7) is 4.77. The standard InChI is InChI=1S/C65H123NO6/c1-3-5-7-9-11-13-15-16-29-33-36-40-44-48-52-56-65(71)72-59-53-49-45-41-37-34-31-28-26-24-22-20-18-17-19-21-23-25-27-30-32-35-39-43-47-51-55-64(70)66-62(60-67)63(69)58-57-61(68)54-50-46-42-38-14-12-10-8-6-4-2/h11,13,16,29,57-58,61-63,67-69H,3-10,12,14-15,17-28,30-56,59-60H2,1-2H3,(H,66,70)/b13-11-,29-16-,58-57+/t61-,62+,63-/m1/s1. The van der Waals surface area contributed by atoms with Crippen LogP contribution in [-0.4, -0.2) is 58.7 Å². The number of amides is 1. The van der Waals surface area contributed by atoms with Crippen LogP contribution in [0, 0.1) is 0 Å². The maximum atomic E-state index is 12.5. The van der Waals surface area contributed by atoms with Gasteiger partial charge in [0.25, 0.3) is 0 Å². The zero-order valence-corrected chi connectivity index (χ0v) is 48.0. The van der Waals surface area contributed by atoms with Crippen molar-refractivity contribution >= 4 is 11.9 Å². The molecule has 7 nitrogen and oxygen atoms in total. The monoisotopic (exact) mass is 1010 g/mol. The Morgan fingerprint density at radius 3 is 1.19 bits per heavy atom. The molecule has 0 bridgehead atoms. The van der Waals surface area contributed by atoms with Crippen molar-refractivity contribution in [3.63, 3.8) is 0 Å². The van der Waals surface area contributed by atoms with E-state index in [0.29, 0.717) is 25.9 Å². The van der Waals surface area contributed by atoms with E-state index in [1.165, 1.54) is 250 Å². The molecule has 0 aliphatic heterocycles. The number of carbonyl (C=O) groups is 2. The maximum absolute atomic E-state index is 12.5. The predicted octanol–water partition coefficient (Wildman–Crippen LogP) is 18.9. The average Bonchev–Trinajstić information content (AvgIpc) is 3.38.